The second-order valence-corrected chi connectivity index (χ2v) is 5.93. The Bertz CT molecular complexity index is 611. The number of allylic oxidation sites excluding steroid dienone is 1. The fourth-order valence-electron chi connectivity index (χ4n) is 3.11. The first-order chi connectivity index (χ1) is 9.15. The summed E-state index contributed by atoms with van der Waals surface area (Å²) < 4.78 is 1.85. The summed E-state index contributed by atoms with van der Waals surface area (Å²) in [5.41, 5.74) is 4.26. The summed E-state index contributed by atoms with van der Waals surface area (Å²) in [5, 5.41) is 4.33. The molecule has 0 aliphatic heterocycles. The molecule has 0 radical (unpaired) electrons. The summed E-state index contributed by atoms with van der Waals surface area (Å²) >= 11 is 0. The smallest absolute Gasteiger partial charge is 0.162 e. The molecule has 0 spiro atoms. The van der Waals surface area contributed by atoms with Crippen molar-refractivity contribution in [3.63, 3.8) is 0 Å². The van der Waals surface area contributed by atoms with Gasteiger partial charge in [0.1, 0.15) is 0 Å². The van der Waals surface area contributed by atoms with Gasteiger partial charge in [-0.25, -0.2) is 9.50 Å². The number of rotatable bonds is 2. The molecule has 2 aromatic heterocycles. The normalized spacial score (nSPS) is 23.7. The minimum Gasteiger partial charge on any atom is -0.233 e. The largest absolute Gasteiger partial charge is 0.233 e. The molecule has 1 saturated carbocycles. The van der Waals surface area contributed by atoms with Crippen LogP contribution in [0.3, 0.4) is 0 Å². The molecular weight excluding hydrogens is 234 g/mol. The third-order valence-electron chi connectivity index (χ3n) is 4.21. The van der Waals surface area contributed by atoms with E-state index in [9.17, 15) is 0 Å². The van der Waals surface area contributed by atoms with Crippen molar-refractivity contribution in [2.75, 3.05) is 0 Å². The molecule has 0 bridgehead atoms. The Balaban J connectivity index is 2.00. The molecule has 2 atom stereocenters. The van der Waals surface area contributed by atoms with Crippen LogP contribution in [0.15, 0.2) is 25.0 Å². The zero-order valence-electron chi connectivity index (χ0n) is 11.8. The number of nitrogens with zero attached hydrogens (tertiary/aromatic N) is 3. The summed E-state index contributed by atoms with van der Waals surface area (Å²) in [6.07, 6.45) is 9.11. The van der Waals surface area contributed by atoms with Gasteiger partial charge in [0.15, 0.2) is 5.65 Å². The Morgan fingerprint density at radius 3 is 3.00 bits per heavy atom. The van der Waals surface area contributed by atoms with Crippen molar-refractivity contribution in [1.29, 1.82) is 0 Å². The van der Waals surface area contributed by atoms with E-state index in [-0.39, 0.29) is 0 Å². The van der Waals surface area contributed by atoms with Gasteiger partial charge in [0.25, 0.3) is 0 Å². The second-order valence-electron chi connectivity index (χ2n) is 5.93. The van der Waals surface area contributed by atoms with Crippen LogP contribution in [0.4, 0.5) is 0 Å². The van der Waals surface area contributed by atoms with E-state index >= 15 is 0 Å². The van der Waals surface area contributed by atoms with Gasteiger partial charge in [0.2, 0.25) is 0 Å². The third-order valence-corrected chi connectivity index (χ3v) is 4.21. The minimum absolute atomic E-state index is 0.613. The topological polar surface area (TPSA) is 30.2 Å². The van der Waals surface area contributed by atoms with Crippen molar-refractivity contribution in [2.45, 2.75) is 45.4 Å². The van der Waals surface area contributed by atoms with Crippen LogP contribution in [-0.4, -0.2) is 14.6 Å². The van der Waals surface area contributed by atoms with Crippen LogP contribution >= 0.6 is 0 Å². The third kappa shape index (κ3) is 2.29. The van der Waals surface area contributed by atoms with Gasteiger partial charge in [-0.15, -0.1) is 0 Å². The maximum absolute atomic E-state index is 4.85. The molecule has 1 fully saturated rings. The van der Waals surface area contributed by atoms with E-state index in [2.05, 4.69) is 24.7 Å². The number of hydrogen-bond acceptors (Lipinski definition) is 2. The lowest BCUT2D eigenvalue weighted by molar-refractivity contribution is 0.340. The molecule has 100 valence electrons. The molecule has 3 nitrogen and oxygen atoms in total. The molecule has 3 rings (SSSR count). The monoisotopic (exact) mass is 255 g/mol. The van der Waals surface area contributed by atoms with Gasteiger partial charge >= 0.3 is 0 Å². The molecule has 0 N–H and O–H groups in total. The van der Waals surface area contributed by atoms with E-state index in [4.69, 9.17) is 4.98 Å². The van der Waals surface area contributed by atoms with Crippen molar-refractivity contribution >= 4 is 11.2 Å². The highest BCUT2D eigenvalue weighted by atomic mass is 15.2. The van der Waals surface area contributed by atoms with Crippen LogP contribution in [0.1, 0.15) is 56.7 Å². The first-order valence-corrected chi connectivity index (χ1v) is 7.15. The molecule has 1 aliphatic rings. The molecule has 19 heavy (non-hydrogen) atoms. The fraction of sp³-hybridized carbons (Fsp3) is 0.500. The predicted molar refractivity (Wildman–Crippen MR) is 78.1 cm³/mol. The Morgan fingerprint density at radius 1 is 1.42 bits per heavy atom. The molecule has 1 aliphatic carbocycles. The summed E-state index contributed by atoms with van der Waals surface area (Å²) in [5.74, 6) is 1.43. The van der Waals surface area contributed by atoms with E-state index in [1.165, 1.54) is 31.4 Å². The number of hydrogen-bond donors (Lipinski definition) is 0. The molecule has 3 heteroatoms. The SMILES string of the molecule is C=C(C)c1cnn2ccc(C3CCCC(C)C3)nc12. The van der Waals surface area contributed by atoms with Gasteiger partial charge in [-0.2, -0.15) is 5.10 Å². The summed E-state index contributed by atoms with van der Waals surface area (Å²) in [4.78, 5) is 4.85. The van der Waals surface area contributed by atoms with E-state index in [0.717, 1.165) is 22.7 Å². The van der Waals surface area contributed by atoms with Crippen LogP contribution in [0, 0.1) is 5.92 Å². The van der Waals surface area contributed by atoms with Gasteiger partial charge < -0.3 is 0 Å². The molecule has 0 saturated heterocycles. The van der Waals surface area contributed by atoms with Crippen LogP contribution in [0.25, 0.3) is 11.2 Å². The first-order valence-electron chi connectivity index (χ1n) is 7.15. The highest BCUT2D eigenvalue weighted by molar-refractivity contribution is 5.72. The van der Waals surface area contributed by atoms with Crippen molar-refractivity contribution in [3.8, 4) is 0 Å². The summed E-state index contributed by atoms with van der Waals surface area (Å²) in [7, 11) is 0. The van der Waals surface area contributed by atoms with Crippen LogP contribution in [0.5, 0.6) is 0 Å². The predicted octanol–water partition coefficient (Wildman–Crippen LogP) is 4.06. The standard InChI is InChI=1S/C16H21N3/c1-11(2)14-10-17-19-8-7-15(18-16(14)19)13-6-4-5-12(3)9-13/h7-8,10,12-13H,1,4-6,9H2,2-3H3. The molecule has 0 amide bonds. The Morgan fingerprint density at radius 2 is 2.26 bits per heavy atom. The lowest BCUT2D eigenvalue weighted by atomic mass is 9.81. The highest BCUT2D eigenvalue weighted by Crippen LogP contribution is 2.35. The van der Waals surface area contributed by atoms with Crippen LogP contribution in [0.2, 0.25) is 0 Å². The van der Waals surface area contributed by atoms with E-state index < -0.39 is 0 Å². The fourth-order valence-corrected chi connectivity index (χ4v) is 3.11. The van der Waals surface area contributed by atoms with Crippen molar-refractivity contribution in [1.82, 2.24) is 14.6 Å². The maximum Gasteiger partial charge on any atom is 0.162 e. The Kier molecular flexibility index (Phi) is 3.13. The molecule has 2 heterocycles. The molecule has 2 unspecified atom stereocenters. The number of fused-ring (bicyclic) bond motifs is 1. The van der Waals surface area contributed by atoms with Crippen LogP contribution in [-0.2, 0) is 0 Å². The van der Waals surface area contributed by atoms with Gasteiger partial charge in [-0.05, 0) is 37.3 Å². The van der Waals surface area contributed by atoms with Gasteiger partial charge in [0.05, 0.1) is 6.20 Å². The van der Waals surface area contributed by atoms with E-state index in [0.29, 0.717) is 5.92 Å². The Hall–Kier alpha value is -1.64. The molecule has 2 aromatic rings. The average molecular weight is 255 g/mol. The highest BCUT2D eigenvalue weighted by Gasteiger charge is 2.22. The van der Waals surface area contributed by atoms with E-state index in [1.807, 2.05) is 23.8 Å². The van der Waals surface area contributed by atoms with Crippen LogP contribution < -0.4 is 0 Å². The lowest BCUT2D eigenvalue weighted by Crippen LogP contribution is -2.13. The lowest BCUT2D eigenvalue weighted by Gasteiger charge is -2.26. The zero-order valence-corrected chi connectivity index (χ0v) is 11.8. The zero-order chi connectivity index (χ0) is 13.4. The van der Waals surface area contributed by atoms with Gasteiger partial charge in [-0.3, -0.25) is 0 Å². The maximum atomic E-state index is 4.85. The summed E-state index contributed by atoms with van der Waals surface area (Å²) in [6, 6.07) is 2.13. The number of aromatic nitrogens is 3. The molecular formula is C16H21N3. The van der Waals surface area contributed by atoms with E-state index in [1.54, 1.807) is 0 Å². The van der Waals surface area contributed by atoms with Gasteiger partial charge in [0, 0.05) is 23.4 Å². The van der Waals surface area contributed by atoms with Crippen molar-refractivity contribution in [3.05, 3.63) is 36.3 Å². The van der Waals surface area contributed by atoms with Crippen molar-refractivity contribution in [2.24, 2.45) is 5.92 Å². The quantitative estimate of drug-likeness (QED) is 0.810. The summed E-state index contributed by atoms with van der Waals surface area (Å²) in [6.45, 7) is 8.37. The minimum atomic E-state index is 0.613. The van der Waals surface area contributed by atoms with Crippen molar-refractivity contribution < 1.29 is 0 Å². The second kappa shape index (κ2) is 4.80. The Labute approximate surface area is 114 Å². The first kappa shape index (κ1) is 12.4. The molecule has 0 aromatic carbocycles. The van der Waals surface area contributed by atoms with Gasteiger partial charge in [-0.1, -0.05) is 26.3 Å². The average Bonchev–Trinajstić information content (AvgIpc) is 2.81.